The Bertz CT molecular complexity index is 114. The van der Waals surface area contributed by atoms with Crippen LogP contribution in [-0.2, 0) is 0 Å². The highest BCUT2D eigenvalue weighted by Gasteiger charge is 2.05. The molecule has 0 aromatic rings. The first-order valence-electron chi connectivity index (χ1n) is 5.21. The summed E-state index contributed by atoms with van der Waals surface area (Å²) in [6.07, 6.45) is 11.2. The van der Waals surface area contributed by atoms with E-state index in [2.05, 4.69) is 39.8 Å². The van der Waals surface area contributed by atoms with Gasteiger partial charge in [0.05, 0.1) is 0 Å². The molecule has 0 amide bonds. The first-order chi connectivity index (χ1) is 5.56. The Kier molecular flexibility index (Phi) is 6.14. The van der Waals surface area contributed by atoms with Gasteiger partial charge in [-0.05, 0) is 24.7 Å². The topological polar surface area (TPSA) is 0 Å². The third kappa shape index (κ3) is 9.74. The maximum Gasteiger partial charge on any atom is -0.0302 e. The van der Waals surface area contributed by atoms with Crippen LogP contribution in [0, 0.1) is 5.41 Å². The molecule has 0 rings (SSSR count). The molecule has 0 heterocycles. The molecule has 0 saturated heterocycles. The number of rotatable bonds is 5. The third-order valence-corrected chi connectivity index (χ3v) is 1.87. The summed E-state index contributed by atoms with van der Waals surface area (Å²) in [5.74, 6) is 0. The Morgan fingerprint density at radius 1 is 1.00 bits per heavy atom. The number of allylic oxidation sites excluding steroid dienone is 2. The van der Waals surface area contributed by atoms with Crippen LogP contribution in [0.2, 0.25) is 0 Å². The molecule has 0 N–H and O–H groups in total. The molecule has 0 unspecified atom stereocenters. The van der Waals surface area contributed by atoms with Gasteiger partial charge in [0.2, 0.25) is 0 Å². The van der Waals surface area contributed by atoms with E-state index in [4.69, 9.17) is 0 Å². The molecule has 0 atom stereocenters. The summed E-state index contributed by atoms with van der Waals surface area (Å²) in [6, 6.07) is 0. The van der Waals surface area contributed by atoms with Crippen LogP contribution in [0.5, 0.6) is 0 Å². The van der Waals surface area contributed by atoms with Gasteiger partial charge in [0.1, 0.15) is 0 Å². The van der Waals surface area contributed by atoms with Gasteiger partial charge in [-0.25, -0.2) is 0 Å². The molecule has 0 nitrogen and oxygen atoms in total. The van der Waals surface area contributed by atoms with Crippen molar-refractivity contribution in [3.05, 3.63) is 12.2 Å². The summed E-state index contributed by atoms with van der Waals surface area (Å²) in [4.78, 5) is 0. The van der Waals surface area contributed by atoms with E-state index < -0.39 is 0 Å². The van der Waals surface area contributed by atoms with Gasteiger partial charge in [-0.1, -0.05) is 52.7 Å². The summed E-state index contributed by atoms with van der Waals surface area (Å²) in [5.41, 5.74) is 0.460. The first kappa shape index (κ1) is 11.7. The maximum atomic E-state index is 2.33. The fourth-order valence-corrected chi connectivity index (χ4v) is 1.07. The van der Waals surface area contributed by atoms with Crippen LogP contribution in [-0.4, -0.2) is 0 Å². The zero-order valence-corrected chi connectivity index (χ0v) is 9.19. The van der Waals surface area contributed by atoms with E-state index in [0.29, 0.717) is 5.41 Å². The summed E-state index contributed by atoms with van der Waals surface area (Å²) >= 11 is 0. The Hall–Kier alpha value is -0.260. The second kappa shape index (κ2) is 6.28. The van der Waals surface area contributed by atoms with E-state index in [9.17, 15) is 0 Å². The minimum absolute atomic E-state index is 0.460. The average Bonchev–Trinajstić information content (AvgIpc) is 1.94. The summed E-state index contributed by atoms with van der Waals surface area (Å²) in [5, 5.41) is 0. The summed E-state index contributed by atoms with van der Waals surface area (Å²) < 4.78 is 0. The van der Waals surface area contributed by atoms with Crippen LogP contribution < -0.4 is 0 Å². The fraction of sp³-hybridized carbons (Fsp3) is 0.833. The maximum absolute atomic E-state index is 2.33. The van der Waals surface area contributed by atoms with Crippen molar-refractivity contribution >= 4 is 0 Å². The smallest absolute Gasteiger partial charge is 0.0302 e. The van der Waals surface area contributed by atoms with Crippen molar-refractivity contribution in [3.63, 3.8) is 0 Å². The van der Waals surface area contributed by atoms with Crippen molar-refractivity contribution in [2.75, 3.05) is 0 Å². The molecule has 0 heteroatoms. The zero-order valence-electron chi connectivity index (χ0n) is 9.19. The lowest BCUT2D eigenvalue weighted by Crippen LogP contribution is -2.01. The SMILES string of the molecule is CCCCC/C=C\CC(C)(C)C. The summed E-state index contributed by atoms with van der Waals surface area (Å²) in [7, 11) is 0. The zero-order chi connectivity index (χ0) is 9.45. The van der Waals surface area contributed by atoms with Crippen molar-refractivity contribution in [2.45, 2.75) is 59.8 Å². The molecular formula is C12H24. The van der Waals surface area contributed by atoms with E-state index in [1.54, 1.807) is 0 Å². The molecule has 0 aromatic heterocycles. The molecule has 12 heavy (non-hydrogen) atoms. The van der Waals surface area contributed by atoms with Crippen LogP contribution in [0.3, 0.4) is 0 Å². The molecule has 0 bridgehead atoms. The molecule has 72 valence electrons. The van der Waals surface area contributed by atoms with E-state index in [-0.39, 0.29) is 0 Å². The number of hydrogen-bond donors (Lipinski definition) is 0. The Labute approximate surface area is 78.1 Å². The molecular weight excluding hydrogens is 144 g/mol. The lowest BCUT2D eigenvalue weighted by molar-refractivity contribution is 0.420. The van der Waals surface area contributed by atoms with Crippen molar-refractivity contribution < 1.29 is 0 Å². The van der Waals surface area contributed by atoms with Crippen molar-refractivity contribution in [2.24, 2.45) is 5.41 Å². The molecule has 0 fully saturated rings. The minimum Gasteiger partial charge on any atom is -0.0885 e. The molecule has 0 saturated carbocycles. The molecule has 0 aliphatic carbocycles. The third-order valence-electron chi connectivity index (χ3n) is 1.87. The van der Waals surface area contributed by atoms with Gasteiger partial charge in [-0.3, -0.25) is 0 Å². The Morgan fingerprint density at radius 2 is 1.67 bits per heavy atom. The molecule has 0 aliphatic rings. The average molecular weight is 168 g/mol. The first-order valence-corrected chi connectivity index (χ1v) is 5.21. The van der Waals surface area contributed by atoms with Crippen LogP contribution in [0.4, 0.5) is 0 Å². The second-order valence-corrected chi connectivity index (χ2v) is 4.73. The number of unbranched alkanes of at least 4 members (excludes halogenated alkanes) is 3. The van der Waals surface area contributed by atoms with Gasteiger partial charge >= 0.3 is 0 Å². The van der Waals surface area contributed by atoms with E-state index >= 15 is 0 Å². The van der Waals surface area contributed by atoms with E-state index in [1.165, 1.54) is 32.1 Å². The quantitative estimate of drug-likeness (QED) is 0.417. The number of hydrogen-bond acceptors (Lipinski definition) is 0. The van der Waals surface area contributed by atoms with Gasteiger partial charge in [0.25, 0.3) is 0 Å². The predicted molar refractivity (Wildman–Crippen MR) is 57.4 cm³/mol. The lowest BCUT2D eigenvalue weighted by Gasteiger charge is -2.14. The minimum atomic E-state index is 0.460. The van der Waals surface area contributed by atoms with Crippen LogP contribution in [0.25, 0.3) is 0 Å². The van der Waals surface area contributed by atoms with Crippen molar-refractivity contribution in [1.82, 2.24) is 0 Å². The van der Waals surface area contributed by atoms with Crippen LogP contribution in [0.1, 0.15) is 59.8 Å². The molecule has 0 radical (unpaired) electrons. The highest BCUT2D eigenvalue weighted by atomic mass is 14.1. The fourth-order valence-electron chi connectivity index (χ4n) is 1.07. The predicted octanol–water partition coefficient (Wildman–Crippen LogP) is 4.56. The van der Waals surface area contributed by atoms with E-state index in [1.807, 2.05) is 0 Å². The highest BCUT2D eigenvalue weighted by molar-refractivity contribution is 4.85. The summed E-state index contributed by atoms with van der Waals surface area (Å²) in [6.45, 7) is 9.09. The highest BCUT2D eigenvalue weighted by Crippen LogP contribution is 2.18. The lowest BCUT2D eigenvalue weighted by atomic mass is 9.92. The van der Waals surface area contributed by atoms with Crippen molar-refractivity contribution in [3.8, 4) is 0 Å². The van der Waals surface area contributed by atoms with Crippen LogP contribution >= 0.6 is 0 Å². The molecule has 0 spiro atoms. The monoisotopic (exact) mass is 168 g/mol. The van der Waals surface area contributed by atoms with Crippen molar-refractivity contribution in [1.29, 1.82) is 0 Å². The Morgan fingerprint density at radius 3 is 2.17 bits per heavy atom. The molecule has 0 aliphatic heterocycles. The van der Waals surface area contributed by atoms with E-state index in [0.717, 1.165) is 0 Å². The molecule has 0 aromatic carbocycles. The van der Waals surface area contributed by atoms with Crippen LogP contribution in [0.15, 0.2) is 12.2 Å². The van der Waals surface area contributed by atoms with Gasteiger partial charge in [0, 0.05) is 0 Å². The van der Waals surface area contributed by atoms with Gasteiger partial charge in [-0.15, -0.1) is 0 Å². The van der Waals surface area contributed by atoms with Gasteiger partial charge < -0.3 is 0 Å². The van der Waals surface area contributed by atoms with Gasteiger partial charge in [0.15, 0.2) is 0 Å². The Balaban J connectivity index is 3.26. The standard InChI is InChI=1S/C12H24/c1-5-6-7-8-9-10-11-12(2,3)4/h9-10H,5-8,11H2,1-4H3/b10-9-. The second-order valence-electron chi connectivity index (χ2n) is 4.73. The normalized spacial score (nSPS) is 12.7. The van der Waals surface area contributed by atoms with Gasteiger partial charge in [-0.2, -0.15) is 0 Å². The largest absolute Gasteiger partial charge is 0.0885 e.